The summed E-state index contributed by atoms with van der Waals surface area (Å²) in [6.07, 6.45) is 8.49. The van der Waals surface area contributed by atoms with Gasteiger partial charge in [0.25, 0.3) is 0 Å². The van der Waals surface area contributed by atoms with Gasteiger partial charge in [0.2, 0.25) is 5.88 Å². The highest BCUT2D eigenvalue weighted by Crippen LogP contribution is 2.25. The molecule has 0 amide bonds. The number of hydrogen-bond donors (Lipinski definition) is 1. The van der Waals surface area contributed by atoms with Gasteiger partial charge in [0.1, 0.15) is 12.4 Å². The third-order valence-corrected chi connectivity index (χ3v) is 5.63. The summed E-state index contributed by atoms with van der Waals surface area (Å²) in [6, 6.07) is 5.96. The van der Waals surface area contributed by atoms with Gasteiger partial charge in [-0.15, -0.1) is 24.0 Å². The van der Waals surface area contributed by atoms with Crippen LogP contribution in [0, 0.1) is 0 Å². The van der Waals surface area contributed by atoms with Crippen LogP contribution >= 0.6 is 24.0 Å². The quantitative estimate of drug-likeness (QED) is 0.353. The zero-order valence-electron chi connectivity index (χ0n) is 17.5. The van der Waals surface area contributed by atoms with E-state index < -0.39 is 0 Å². The van der Waals surface area contributed by atoms with E-state index in [9.17, 15) is 0 Å². The standard InChI is InChI=1S/C21H30N6O2.HI/c1-22-21(27-12-10-26(11-13-27)16-18-8-14-28-25-18)24-15-17-5-4-9-23-20(17)29-19-6-2-3-7-19;/h4-5,8-9,14,19H,2-3,6-7,10-13,15-16H2,1H3,(H,22,24);1H. The second-order valence-electron chi connectivity index (χ2n) is 7.65. The van der Waals surface area contributed by atoms with Crippen LogP contribution in [0.2, 0.25) is 0 Å². The minimum absolute atomic E-state index is 0. The van der Waals surface area contributed by atoms with Crippen LogP contribution in [0.3, 0.4) is 0 Å². The van der Waals surface area contributed by atoms with Gasteiger partial charge in [0.05, 0.1) is 5.69 Å². The van der Waals surface area contributed by atoms with Gasteiger partial charge >= 0.3 is 0 Å². The van der Waals surface area contributed by atoms with Crippen LogP contribution in [0.25, 0.3) is 0 Å². The van der Waals surface area contributed by atoms with Crippen molar-refractivity contribution in [2.24, 2.45) is 4.99 Å². The second kappa shape index (κ2) is 11.5. The van der Waals surface area contributed by atoms with Gasteiger partial charge in [-0.1, -0.05) is 11.2 Å². The van der Waals surface area contributed by atoms with Crippen molar-refractivity contribution in [3.8, 4) is 5.88 Å². The van der Waals surface area contributed by atoms with Crippen molar-refractivity contribution in [2.45, 2.75) is 44.9 Å². The smallest absolute Gasteiger partial charge is 0.218 e. The summed E-state index contributed by atoms with van der Waals surface area (Å²) < 4.78 is 11.1. The molecule has 1 N–H and O–H groups in total. The third-order valence-electron chi connectivity index (χ3n) is 5.63. The molecule has 1 saturated heterocycles. The fourth-order valence-corrected chi connectivity index (χ4v) is 4.00. The van der Waals surface area contributed by atoms with E-state index in [4.69, 9.17) is 9.26 Å². The zero-order chi connectivity index (χ0) is 19.9. The molecular formula is C21H31IN6O2. The first kappa shape index (κ1) is 22.8. The molecule has 1 saturated carbocycles. The van der Waals surface area contributed by atoms with Crippen LogP contribution in [-0.2, 0) is 13.1 Å². The van der Waals surface area contributed by atoms with Gasteiger partial charge in [-0.3, -0.25) is 9.89 Å². The fourth-order valence-electron chi connectivity index (χ4n) is 4.00. The average Bonchev–Trinajstić information content (AvgIpc) is 3.45. The largest absolute Gasteiger partial charge is 0.474 e. The van der Waals surface area contributed by atoms with Crippen molar-refractivity contribution in [2.75, 3.05) is 33.2 Å². The number of aliphatic imine (C=N–C) groups is 1. The van der Waals surface area contributed by atoms with Crippen molar-refractivity contribution in [1.29, 1.82) is 0 Å². The Balaban J connectivity index is 0.00000256. The van der Waals surface area contributed by atoms with E-state index in [1.807, 2.05) is 19.2 Å². The summed E-state index contributed by atoms with van der Waals surface area (Å²) >= 11 is 0. The van der Waals surface area contributed by atoms with Crippen LogP contribution < -0.4 is 10.1 Å². The molecule has 3 heterocycles. The van der Waals surface area contributed by atoms with Crippen LogP contribution in [0.1, 0.15) is 36.9 Å². The lowest BCUT2D eigenvalue weighted by atomic mass is 10.2. The minimum atomic E-state index is 0. The summed E-state index contributed by atoms with van der Waals surface area (Å²) in [5.41, 5.74) is 2.05. The number of nitrogens with one attached hydrogen (secondary N) is 1. The van der Waals surface area contributed by atoms with E-state index in [1.165, 1.54) is 12.8 Å². The van der Waals surface area contributed by atoms with E-state index in [1.54, 1.807) is 12.5 Å². The van der Waals surface area contributed by atoms with Crippen LogP contribution in [0.5, 0.6) is 5.88 Å². The summed E-state index contributed by atoms with van der Waals surface area (Å²) in [4.78, 5) is 13.6. The van der Waals surface area contributed by atoms with Gasteiger partial charge in [-0.2, -0.15) is 0 Å². The van der Waals surface area contributed by atoms with E-state index >= 15 is 0 Å². The normalized spacial score (nSPS) is 18.3. The molecule has 0 atom stereocenters. The highest BCUT2D eigenvalue weighted by atomic mass is 127. The third kappa shape index (κ3) is 6.07. The van der Waals surface area contributed by atoms with Crippen LogP contribution in [0.15, 0.2) is 40.2 Å². The first-order chi connectivity index (χ1) is 14.3. The molecule has 9 heteroatoms. The minimum Gasteiger partial charge on any atom is -0.474 e. The monoisotopic (exact) mass is 526 g/mol. The van der Waals surface area contributed by atoms with Gasteiger partial charge in [0.15, 0.2) is 5.96 Å². The molecular weight excluding hydrogens is 495 g/mol. The Morgan fingerprint density at radius 2 is 2.03 bits per heavy atom. The van der Waals surface area contributed by atoms with E-state index in [2.05, 4.69) is 36.3 Å². The highest BCUT2D eigenvalue weighted by molar-refractivity contribution is 14.0. The Morgan fingerprint density at radius 1 is 1.23 bits per heavy atom. The highest BCUT2D eigenvalue weighted by Gasteiger charge is 2.21. The first-order valence-electron chi connectivity index (χ1n) is 10.5. The lowest BCUT2D eigenvalue weighted by Gasteiger charge is -2.36. The molecule has 1 aliphatic carbocycles. The number of guanidine groups is 1. The maximum Gasteiger partial charge on any atom is 0.218 e. The van der Waals surface area contributed by atoms with Gasteiger partial charge in [-0.05, 0) is 31.7 Å². The van der Waals surface area contributed by atoms with Crippen molar-refractivity contribution in [3.05, 3.63) is 41.9 Å². The summed E-state index contributed by atoms with van der Waals surface area (Å²) in [7, 11) is 1.84. The van der Waals surface area contributed by atoms with Crippen LogP contribution in [-0.4, -0.2) is 65.2 Å². The first-order valence-corrected chi connectivity index (χ1v) is 10.5. The summed E-state index contributed by atoms with van der Waals surface area (Å²) in [5.74, 6) is 1.67. The number of piperazine rings is 1. The Morgan fingerprint density at radius 3 is 2.73 bits per heavy atom. The van der Waals surface area contributed by atoms with Crippen molar-refractivity contribution < 1.29 is 9.26 Å². The van der Waals surface area contributed by atoms with E-state index in [-0.39, 0.29) is 24.0 Å². The molecule has 164 valence electrons. The Kier molecular flexibility index (Phi) is 8.74. The summed E-state index contributed by atoms with van der Waals surface area (Å²) in [5, 5.41) is 7.50. The number of aromatic nitrogens is 2. The van der Waals surface area contributed by atoms with E-state index in [0.29, 0.717) is 12.6 Å². The van der Waals surface area contributed by atoms with Crippen molar-refractivity contribution in [3.63, 3.8) is 0 Å². The predicted octanol–water partition coefficient (Wildman–Crippen LogP) is 2.90. The molecule has 2 aromatic rings. The van der Waals surface area contributed by atoms with Crippen molar-refractivity contribution in [1.82, 2.24) is 25.3 Å². The lowest BCUT2D eigenvalue weighted by Crippen LogP contribution is -2.52. The average molecular weight is 526 g/mol. The van der Waals surface area contributed by atoms with Crippen LogP contribution in [0.4, 0.5) is 0 Å². The number of hydrogen-bond acceptors (Lipinski definition) is 6. The SMILES string of the molecule is CN=C(NCc1cccnc1OC1CCCC1)N1CCN(Cc2ccon2)CC1.I. The second-order valence-corrected chi connectivity index (χ2v) is 7.65. The maximum absolute atomic E-state index is 6.16. The number of rotatable bonds is 6. The summed E-state index contributed by atoms with van der Waals surface area (Å²) in [6.45, 7) is 5.27. The van der Waals surface area contributed by atoms with E-state index in [0.717, 1.165) is 68.7 Å². The van der Waals surface area contributed by atoms with Gasteiger partial charge in [0, 0.05) is 64.1 Å². The predicted molar refractivity (Wildman–Crippen MR) is 126 cm³/mol. The molecule has 0 bridgehead atoms. The molecule has 1 aliphatic heterocycles. The van der Waals surface area contributed by atoms with Gasteiger partial charge in [-0.25, -0.2) is 4.98 Å². The molecule has 30 heavy (non-hydrogen) atoms. The number of nitrogens with zero attached hydrogens (tertiary/aromatic N) is 5. The molecule has 2 aliphatic rings. The number of ether oxygens (including phenoxy) is 1. The number of halogens is 1. The molecule has 8 nitrogen and oxygen atoms in total. The Hall–Kier alpha value is -1.88. The zero-order valence-corrected chi connectivity index (χ0v) is 19.8. The topological polar surface area (TPSA) is 79.0 Å². The Bertz CT molecular complexity index is 787. The molecule has 0 aromatic carbocycles. The van der Waals surface area contributed by atoms with Crippen molar-refractivity contribution >= 4 is 29.9 Å². The molecule has 2 fully saturated rings. The molecule has 0 unspecified atom stereocenters. The molecule has 0 radical (unpaired) electrons. The Labute approximate surface area is 195 Å². The molecule has 0 spiro atoms. The molecule has 4 rings (SSSR count). The maximum atomic E-state index is 6.16. The molecule has 2 aromatic heterocycles. The number of pyridine rings is 1. The fraction of sp³-hybridized carbons (Fsp3) is 0.571. The lowest BCUT2D eigenvalue weighted by molar-refractivity contribution is 0.169. The van der Waals surface area contributed by atoms with Gasteiger partial charge < -0.3 is 19.5 Å².